The van der Waals surface area contributed by atoms with Gasteiger partial charge in [0, 0.05) is 12.4 Å². The summed E-state index contributed by atoms with van der Waals surface area (Å²) in [6, 6.07) is 0. The zero-order valence-electron chi connectivity index (χ0n) is 7.39. The van der Waals surface area contributed by atoms with Crippen molar-refractivity contribution in [2.75, 3.05) is 0 Å². The smallest absolute Gasteiger partial charge is 0.0290 e. The lowest BCUT2D eigenvalue weighted by atomic mass is 10.4. The van der Waals surface area contributed by atoms with Crippen molar-refractivity contribution in [1.29, 1.82) is 0 Å². The van der Waals surface area contributed by atoms with E-state index in [0.29, 0.717) is 0 Å². The summed E-state index contributed by atoms with van der Waals surface area (Å²) in [6.45, 7) is 11.5. The van der Waals surface area contributed by atoms with Gasteiger partial charge in [-0.3, -0.25) is 4.99 Å². The van der Waals surface area contributed by atoms with E-state index in [-0.39, 0.29) is 0 Å². The second-order valence-electron chi connectivity index (χ2n) is 1.61. The largest absolute Gasteiger partial charge is 0.265 e. The van der Waals surface area contributed by atoms with Crippen molar-refractivity contribution in [3.05, 3.63) is 24.4 Å². The van der Waals surface area contributed by atoms with Gasteiger partial charge >= 0.3 is 0 Å². The van der Waals surface area contributed by atoms with Crippen LogP contribution < -0.4 is 0 Å². The van der Waals surface area contributed by atoms with Crippen LogP contribution in [0.1, 0.15) is 27.7 Å². The maximum Gasteiger partial charge on any atom is 0.0290 e. The Bertz CT molecular complexity index is 121. The normalized spacial score (nSPS) is 9.60. The molecule has 0 aromatic carbocycles. The van der Waals surface area contributed by atoms with Crippen LogP contribution in [0.2, 0.25) is 0 Å². The molecule has 0 heterocycles. The van der Waals surface area contributed by atoms with Gasteiger partial charge in [0.15, 0.2) is 0 Å². The molecule has 0 unspecified atom stereocenters. The van der Waals surface area contributed by atoms with Crippen LogP contribution in [0.4, 0.5) is 0 Å². The molecule has 0 N–H and O–H groups in total. The Kier molecular flexibility index (Phi) is 13.1. The average Bonchev–Trinajstić information content (AvgIpc) is 1.92. The number of nitrogens with zero attached hydrogens (tertiary/aromatic N) is 1. The fraction of sp³-hybridized carbons (Fsp3) is 0.444. The van der Waals surface area contributed by atoms with Crippen LogP contribution in [0.3, 0.4) is 0 Å². The molecule has 58 valence electrons. The topological polar surface area (TPSA) is 12.4 Å². The van der Waals surface area contributed by atoms with Crippen LogP contribution in [0.15, 0.2) is 29.4 Å². The third kappa shape index (κ3) is 15.7. The van der Waals surface area contributed by atoms with Crippen molar-refractivity contribution < 1.29 is 0 Å². The molecule has 10 heavy (non-hydrogen) atoms. The summed E-state index contributed by atoms with van der Waals surface area (Å²) in [5.41, 5.74) is 0.975. The Labute approximate surface area is 64.2 Å². The van der Waals surface area contributed by atoms with Crippen LogP contribution in [0, 0.1) is 0 Å². The van der Waals surface area contributed by atoms with Crippen LogP contribution in [-0.4, -0.2) is 6.21 Å². The van der Waals surface area contributed by atoms with Gasteiger partial charge in [0.1, 0.15) is 0 Å². The van der Waals surface area contributed by atoms with Crippen LogP contribution in [-0.2, 0) is 0 Å². The number of aliphatic imine (C=N–C) groups is 1. The Morgan fingerprint density at radius 1 is 1.40 bits per heavy atom. The fourth-order valence-corrected chi connectivity index (χ4v) is 0.256. The first kappa shape index (κ1) is 11.9. The van der Waals surface area contributed by atoms with Gasteiger partial charge < -0.3 is 0 Å². The van der Waals surface area contributed by atoms with Gasteiger partial charge in [0.05, 0.1) is 0 Å². The quantitative estimate of drug-likeness (QED) is 0.521. The number of hydrogen-bond donors (Lipinski definition) is 0. The lowest BCUT2D eigenvalue weighted by Crippen LogP contribution is -1.68. The van der Waals surface area contributed by atoms with Crippen molar-refractivity contribution in [2.45, 2.75) is 27.7 Å². The first-order valence-electron chi connectivity index (χ1n) is 3.57. The highest BCUT2D eigenvalue weighted by atomic mass is 14.7. The minimum atomic E-state index is 0.975. The monoisotopic (exact) mass is 139 g/mol. The van der Waals surface area contributed by atoms with Crippen molar-refractivity contribution >= 4 is 6.21 Å². The molecule has 0 aromatic rings. The van der Waals surface area contributed by atoms with E-state index < -0.39 is 0 Å². The molecule has 0 aliphatic heterocycles. The molecule has 0 bridgehead atoms. The van der Waals surface area contributed by atoms with Gasteiger partial charge in [-0.2, -0.15) is 0 Å². The minimum absolute atomic E-state index is 0.975. The number of hydrogen-bond acceptors (Lipinski definition) is 1. The molecule has 0 amide bonds. The first-order valence-corrected chi connectivity index (χ1v) is 3.57. The van der Waals surface area contributed by atoms with E-state index in [2.05, 4.69) is 11.6 Å². The highest BCUT2D eigenvalue weighted by Gasteiger charge is 1.67. The van der Waals surface area contributed by atoms with E-state index in [1.807, 2.05) is 33.8 Å². The zero-order valence-corrected chi connectivity index (χ0v) is 7.39. The molecule has 0 saturated heterocycles. The van der Waals surface area contributed by atoms with Gasteiger partial charge in [0.2, 0.25) is 0 Å². The lowest BCUT2D eigenvalue weighted by molar-refractivity contribution is 1.50. The highest BCUT2D eigenvalue weighted by molar-refractivity contribution is 5.77. The van der Waals surface area contributed by atoms with Crippen molar-refractivity contribution in [2.24, 2.45) is 4.99 Å². The second-order valence-corrected chi connectivity index (χ2v) is 1.61. The molecule has 0 aliphatic rings. The van der Waals surface area contributed by atoms with Gasteiger partial charge in [-0.15, -0.1) is 0 Å². The predicted molar refractivity (Wildman–Crippen MR) is 49.5 cm³/mol. The molecule has 0 aromatic heterocycles. The summed E-state index contributed by atoms with van der Waals surface area (Å²) in [5.74, 6) is 0. The molecule has 0 aliphatic carbocycles. The van der Waals surface area contributed by atoms with E-state index in [4.69, 9.17) is 0 Å². The summed E-state index contributed by atoms with van der Waals surface area (Å²) >= 11 is 0. The number of rotatable bonds is 2. The van der Waals surface area contributed by atoms with E-state index >= 15 is 0 Å². The Hall–Kier alpha value is -0.850. The van der Waals surface area contributed by atoms with Crippen molar-refractivity contribution in [3.63, 3.8) is 0 Å². The maximum absolute atomic E-state index is 3.88. The van der Waals surface area contributed by atoms with Crippen LogP contribution in [0.25, 0.3) is 0 Å². The fourth-order valence-electron chi connectivity index (χ4n) is 0.256. The molecule has 0 saturated carbocycles. The third-order valence-corrected chi connectivity index (χ3v) is 0.530. The Balaban J connectivity index is 0. The van der Waals surface area contributed by atoms with Gasteiger partial charge in [-0.25, -0.2) is 0 Å². The molecule has 0 fully saturated rings. The third-order valence-electron chi connectivity index (χ3n) is 0.530. The highest BCUT2D eigenvalue weighted by Crippen LogP contribution is 1.79. The molecule has 0 rings (SSSR count). The zero-order chi connectivity index (χ0) is 8.41. The van der Waals surface area contributed by atoms with E-state index in [0.717, 1.165) is 5.57 Å². The Morgan fingerprint density at radius 2 is 1.90 bits per heavy atom. The van der Waals surface area contributed by atoms with Crippen LogP contribution >= 0.6 is 0 Å². The van der Waals surface area contributed by atoms with Crippen LogP contribution in [0.5, 0.6) is 0 Å². The summed E-state index contributed by atoms with van der Waals surface area (Å²) < 4.78 is 0. The van der Waals surface area contributed by atoms with Gasteiger partial charge in [0.25, 0.3) is 0 Å². The first-order chi connectivity index (χ1) is 4.77. The molecule has 0 atom stereocenters. The molecular formula is C9H17N. The summed E-state index contributed by atoms with van der Waals surface area (Å²) in [4.78, 5) is 3.88. The maximum atomic E-state index is 3.88. The van der Waals surface area contributed by atoms with Gasteiger partial charge in [-0.1, -0.05) is 26.5 Å². The van der Waals surface area contributed by atoms with Crippen molar-refractivity contribution in [3.8, 4) is 0 Å². The average molecular weight is 139 g/mol. The summed E-state index contributed by atoms with van der Waals surface area (Å²) in [5, 5.41) is 0. The van der Waals surface area contributed by atoms with E-state index in [1.165, 1.54) is 0 Å². The summed E-state index contributed by atoms with van der Waals surface area (Å²) in [6.07, 6.45) is 5.33. The lowest BCUT2D eigenvalue weighted by Gasteiger charge is -1.78. The minimum Gasteiger partial charge on any atom is -0.265 e. The molecule has 1 nitrogen and oxygen atoms in total. The molecule has 1 heteroatoms. The second kappa shape index (κ2) is 11.0. The summed E-state index contributed by atoms with van der Waals surface area (Å²) in [7, 11) is 0. The molecular weight excluding hydrogens is 122 g/mol. The van der Waals surface area contributed by atoms with E-state index in [9.17, 15) is 0 Å². The van der Waals surface area contributed by atoms with Crippen molar-refractivity contribution in [1.82, 2.24) is 0 Å². The number of allylic oxidation sites excluding steroid dienone is 2. The SMILES string of the molecule is C=C(C)C=N/C=C\C.CC. The predicted octanol–water partition coefficient (Wildman–Crippen LogP) is 3.19. The van der Waals surface area contributed by atoms with E-state index in [1.54, 1.807) is 12.4 Å². The molecule has 0 spiro atoms. The standard InChI is InChI=1S/C7H11N.C2H6/c1-4-5-8-6-7(2)3;1-2/h4-6H,2H2,1,3H3;1-2H3/b5-4-,8-6?;. The van der Waals surface area contributed by atoms with Gasteiger partial charge in [-0.05, 0) is 19.4 Å². The molecule has 0 radical (unpaired) electrons. The Morgan fingerprint density at radius 3 is 2.20 bits per heavy atom.